The van der Waals surface area contributed by atoms with Gasteiger partial charge in [-0.3, -0.25) is 9.88 Å². The van der Waals surface area contributed by atoms with Gasteiger partial charge in [0, 0.05) is 49.8 Å². The molecular formula is C23H31N5O. The van der Waals surface area contributed by atoms with Gasteiger partial charge in [0.05, 0.1) is 5.69 Å². The summed E-state index contributed by atoms with van der Waals surface area (Å²) < 4.78 is 0. The summed E-state index contributed by atoms with van der Waals surface area (Å²) in [5.74, 6) is 0. The summed E-state index contributed by atoms with van der Waals surface area (Å²) in [6.07, 6.45) is 7.18. The van der Waals surface area contributed by atoms with E-state index in [0.717, 1.165) is 69.7 Å². The molecule has 1 atom stereocenters. The summed E-state index contributed by atoms with van der Waals surface area (Å²) >= 11 is 0. The number of likely N-dealkylation sites (tertiary alicyclic amines) is 1. The Bertz CT molecular complexity index is 825. The van der Waals surface area contributed by atoms with Crippen molar-refractivity contribution in [3.8, 4) is 0 Å². The number of pyridine rings is 1. The highest BCUT2D eigenvalue weighted by Crippen LogP contribution is 2.25. The van der Waals surface area contributed by atoms with Crippen LogP contribution in [0.3, 0.4) is 0 Å². The molecule has 0 radical (unpaired) electrons. The van der Waals surface area contributed by atoms with E-state index >= 15 is 0 Å². The zero-order chi connectivity index (χ0) is 20.1. The Morgan fingerprint density at radius 1 is 1.24 bits per heavy atom. The molecule has 1 unspecified atom stereocenters. The second-order valence-corrected chi connectivity index (χ2v) is 8.14. The molecule has 0 aliphatic carbocycles. The van der Waals surface area contributed by atoms with Crippen LogP contribution in [-0.4, -0.2) is 53.5 Å². The van der Waals surface area contributed by atoms with E-state index in [9.17, 15) is 4.79 Å². The summed E-state index contributed by atoms with van der Waals surface area (Å²) in [4.78, 5) is 21.6. The molecule has 0 saturated carbocycles. The number of nitrogens with zero attached hydrogens (tertiary/aromatic N) is 3. The number of aromatic nitrogens is 1. The van der Waals surface area contributed by atoms with Crippen LogP contribution in [0.25, 0.3) is 0 Å². The average Bonchev–Trinajstić information content (AvgIpc) is 3.01. The van der Waals surface area contributed by atoms with Crippen LogP contribution in [0.15, 0.2) is 42.6 Å². The number of urea groups is 1. The fourth-order valence-corrected chi connectivity index (χ4v) is 4.35. The number of anilines is 2. The molecule has 3 heterocycles. The van der Waals surface area contributed by atoms with Crippen molar-refractivity contribution >= 4 is 17.4 Å². The minimum atomic E-state index is 0.0155. The van der Waals surface area contributed by atoms with Crippen LogP contribution in [0.5, 0.6) is 0 Å². The normalized spacial score (nSPS) is 19.2. The van der Waals surface area contributed by atoms with Crippen molar-refractivity contribution in [2.24, 2.45) is 0 Å². The van der Waals surface area contributed by atoms with Gasteiger partial charge < -0.3 is 15.5 Å². The Balaban J connectivity index is 1.31. The Morgan fingerprint density at radius 3 is 3.03 bits per heavy atom. The van der Waals surface area contributed by atoms with Crippen LogP contribution in [-0.2, 0) is 13.0 Å². The van der Waals surface area contributed by atoms with Crippen molar-refractivity contribution in [1.29, 1.82) is 0 Å². The lowest BCUT2D eigenvalue weighted by Gasteiger charge is -2.27. The van der Waals surface area contributed by atoms with E-state index in [1.54, 1.807) is 0 Å². The Labute approximate surface area is 173 Å². The number of nitrogens with one attached hydrogen (secondary N) is 2. The number of benzene rings is 1. The first-order chi connectivity index (χ1) is 14.2. The smallest absolute Gasteiger partial charge is 0.321 e. The molecule has 1 aromatic heterocycles. The first-order valence-electron chi connectivity index (χ1n) is 10.7. The second-order valence-electron chi connectivity index (χ2n) is 8.14. The molecular weight excluding hydrogens is 362 g/mol. The molecule has 0 spiro atoms. The highest BCUT2D eigenvalue weighted by atomic mass is 16.2. The lowest BCUT2D eigenvalue weighted by molar-refractivity contribution is 0.200. The van der Waals surface area contributed by atoms with Gasteiger partial charge in [-0.25, -0.2) is 4.79 Å². The largest absolute Gasteiger partial charge is 0.385 e. The van der Waals surface area contributed by atoms with Crippen LogP contribution >= 0.6 is 0 Å². The van der Waals surface area contributed by atoms with Gasteiger partial charge in [0.15, 0.2) is 0 Å². The summed E-state index contributed by atoms with van der Waals surface area (Å²) in [5.41, 5.74) is 4.48. The Kier molecular flexibility index (Phi) is 6.30. The lowest BCUT2D eigenvalue weighted by atomic mass is 10.0. The fraction of sp³-hybridized carbons (Fsp3) is 0.478. The molecule has 2 amide bonds. The van der Waals surface area contributed by atoms with Gasteiger partial charge in [0.25, 0.3) is 0 Å². The predicted molar refractivity (Wildman–Crippen MR) is 117 cm³/mol. The number of amides is 2. The Morgan fingerprint density at radius 2 is 2.17 bits per heavy atom. The topological polar surface area (TPSA) is 60.5 Å². The molecule has 1 aromatic carbocycles. The van der Waals surface area contributed by atoms with Gasteiger partial charge in [0.2, 0.25) is 0 Å². The predicted octanol–water partition coefficient (Wildman–Crippen LogP) is 3.96. The second kappa shape index (κ2) is 9.27. The molecule has 154 valence electrons. The molecule has 29 heavy (non-hydrogen) atoms. The fourth-order valence-electron chi connectivity index (χ4n) is 4.35. The SMILES string of the molecule is CN(Cc1ccccn1)C1CCCN(C(=O)Nc2ccc3c(c2)CCCN3)CC1. The van der Waals surface area contributed by atoms with E-state index in [-0.39, 0.29) is 6.03 Å². The summed E-state index contributed by atoms with van der Waals surface area (Å²) in [7, 11) is 2.16. The zero-order valence-corrected chi connectivity index (χ0v) is 17.2. The number of rotatable bonds is 4. The van der Waals surface area contributed by atoms with Crippen LogP contribution < -0.4 is 10.6 Å². The molecule has 1 fully saturated rings. The zero-order valence-electron chi connectivity index (χ0n) is 17.2. The molecule has 0 bridgehead atoms. The maximum atomic E-state index is 12.8. The monoisotopic (exact) mass is 393 g/mol. The average molecular weight is 394 g/mol. The van der Waals surface area contributed by atoms with Crippen LogP contribution in [0.4, 0.5) is 16.2 Å². The number of carbonyl (C=O) groups is 1. The van der Waals surface area contributed by atoms with Gasteiger partial charge in [0.1, 0.15) is 0 Å². The highest BCUT2D eigenvalue weighted by Gasteiger charge is 2.23. The third kappa shape index (κ3) is 5.07. The lowest BCUT2D eigenvalue weighted by Crippen LogP contribution is -2.37. The van der Waals surface area contributed by atoms with Crippen LogP contribution in [0.2, 0.25) is 0 Å². The first-order valence-corrected chi connectivity index (χ1v) is 10.7. The number of hydrogen-bond acceptors (Lipinski definition) is 4. The van der Waals surface area contributed by atoms with E-state index in [1.165, 1.54) is 11.3 Å². The Hall–Kier alpha value is -2.60. The van der Waals surface area contributed by atoms with Crippen LogP contribution in [0, 0.1) is 0 Å². The van der Waals surface area contributed by atoms with Crippen molar-refractivity contribution in [3.63, 3.8) is 0 Å². The number of hydrogen-bond donors (Lipinski definition) is 2. The molecule has 1 saturated heterocycles. The molecule has 2 N–H and O–H groups in total. The minimum absolute atomic E-state index is 0.0155. The number of fused-ring (bicyclic) bond motifs is 1. The van der Waals surface area contributed by atoms with E-state index in [1.807, 2.05) is 29.3 Å². The van der Waals surface area contributed by atoms with Gasteiger partial charge in [-0.1, -0.05) is 6.07 Å². The van der Waals surface area contributed by atoms with Gasteiger partial charge >= 0.3 is 6.03 Å². The maximum absolute atomic E-state index is 12.8. The van der Waals surface area contributed by atoms with Gasteiger partial charge in [-0.2, -0.15) is 0 Å². The first kappa shape index (κ1) is 19.7. The standard InChI is InChI=1S/C23H31N5O/c1-27(17-20-7-2-3-12-24-20)21-8-5-14-28(15-11-21)23(29)26-19-9-10-22-18(16-19)6-4-13-25-22/h2-3,7,9-10,12,16,21,25H,4-6,8,11,13-15,17H2,1H3,(H,26,29). The molecule has 2 aromatic rings. The molecule has 6 nitrogen and oxygen atoms in total. The molecule has 6 heteroatoms. The van der Waals surface area contributed by atoms with Crippen molar-refractivity contribution in [1.82, 2.24) is 14.8 Å². The molecule has 4 rings (SSSR count). The summed E-state index contributed by atoms with van der Waals surface area (Å²) in [6.45, 7) is 3.48. The van der Waals surface area contributed by atoms with Crippen molar-refractivity contribution in [2.45, 2.75) is 44.7 Å². The maximum Gasteiger partial charge on any atom is 0.321 e. The third-order valence-corrected chi connectivity index (χ3v) is 6.04. The van der Waals surface area contributed by atoms with E-state index in [2.05, 4.69) is 45.8 Å². The number of aryl methyl sites for hydroxylation is 1. The van der Waals surface area contributed by atoms with E-state index in [4.69, 9.17) is 0 Å². The van der Waals surface area contributed by atoms with Crippen molar-refractivity contribution in [3.05, 3.63) is 53.9 Å². The minimum Gasteiger partial charge on any atom is -0.385 e. The quantitative estimate of drug-likeness (QED) is 0.826. The van der Waals surface area contributed by atoms with Crippen molar-refractivity contribution in [2.75, 3.05) is 37.3 Å². The summed E-state index contributed by atoms with van der Waals surface area (Å²) in [6, 6.07) is 12.7. The summed E-state index contributed by atoms with van der Waals surface area (Å²) in [5, 5.41) is 6.52. The highest BCUT2D eigenvalue weighted by molar-refractivity contribution is 5.89. The van der Waals surface area contributed by atoms with Crippen molar-refractivity contribution < 1.29 is 4.79 Å². The molecule has 2 aliphatic heterocycles. The van der Waals surface area contributed by atoms with Gasteiger partial charge in [-0.15, -0.1) is 0 Å². The van der Waals surface area contributed by atoms with Gasteiger partial charge in [-0.05, 0) is 75.0 Å². The third-order valence-electron chi connectivity index (χ3n) is 6.04. The number of carbonyl (C=O) groups excluding carboxylic acids is 1. The van der Waals surface area contributed by atoms with E-state index < -0.39 is 0 Å². The molecule has 2 aliphatic rings. The van der Waals surface area contributed by atoms with Crippen LogP contribution in [0.1, 0.15) is 36.9 Å². The van der Waals surface area contributed by atoms with E-state index in [0.29, 0.717) is 6.04 Å².